The van der Waals surface area contributed by atoms with Crippen molar-refractivity contribution in [3.8, 4) is 0 Å². The average Bonchev–Trinajstić information content (AvgIpc) is 3.33. The molecule has 1 unspecified atom stereocenters. The van der Waals surface area contributed by atoms with Crippen LogP contribution in [0.15, 0.2) is 0 Å². The van der Waals surface area contributed by atoms with Crippen molar-refractivity contribution in [1.29, 1.82) is 0 Å². The first-order valence-corrected chi connectivity index (χ1v) is 30.4. The Morgan fingerprint density at radius 2 is 0.522 bits per heavy atom. The largest absolute Gasteiger partial charge is 0.462 e. The topological polar surface area (TPSA) is 78.9 Å². The van der Waals surface area contributed by atoms with Gasteiger partial charge in [0, 0.05) is 19.3 Å². The summed E-state index contributed by atoms with van der Waals surface area (Å²) in [6.45, 7) is 9.09. The predicted molar refractivity (Wildman–Crippen MR) is 289 cm³/mol. The molecular formula is C61H118O6. The van der Waals surface area contributed by atoms with Crippen LogP contribution in [0.25, 0.3) is 0 Å². The fourth-order valence-electron chi connectivity index (χ4n) is 9.42. The Balaban J connectivity index is 4.28. The zero-order valence-corrected chi connectivity index (χ0v) is 45.9. The summed E-state index contributed by atoms with van der Waals surface area (Å²) in [5, 5.41) is 0. The lowest BCUT2D eigenvalue weighted by Crippen LogP contribution is -2.30. The number of unbranched alkanes of at least 4 members (excludes halogenated alkanes) is 42. The van der Waals surface area contributed by atoms with E-state index in [0.29, 0.717) is 19.3 Å². The smallest absolute Gasteiger partial charge is 0.306 e. The van der Waals surface area contributed by atoms with Gasteiger partial charge in [-0.05, 0) is 25.2 Å². The van der Waals surface area contributed by atoms with Gasteiger partial charge in [0.1, 0.15) is 13.2 Å². The molecule has 0 aromatic carbocycles. The third-order valence-corrected chi connectivity index (χ3v) is 14.4. The van der Waals surface area contributed by atoms with Crippen LogP contribution in [0.4, 0.5) is 0 Å². The Labute approximate surface area is 418 Å². The van der Waals surface area contributed by atoms with E-state index in [9.17, 15) is 14.4 Å². The van der Waals surface area contributed by atoms with Crippen LogP contribution in [-0.2, 0) is 28.6 Å². The molecule has 0 spiro atoms. The van der Waals surface area contributed by atoms with Gasteiger partial charge < -0.3 is 14.2 Å². The molecule has 0 rings (SSSR count). The molecule has 6 nitrogen and oxygen atoms in total. The van der Waals surface area contributed by atoms with Gasteiger partial charge in [-0.25, -0.2) is 0 Å². The number of rotatable bonds is 56. The molecule has 6 heteroatoms. The van der Waals surface area contributed by atoms with Gasteiger partial charge in [0.2, 0.25) is 0 Å². The van der Waals surface area contributed by atoms with E-state index >= 15 is 0 Å². The molecule has 0 N–H and O–H groups in total. The highest BCUT2D eigenvalue weighted by Gasteiger charge is 2.19. The van der Waals surface area contributed by atoms with E-state index < -0.39 is 6.10 Å². The van der Waals surface area contributed by atoms with Gasteiger partial charge in [-0.1, -0.05) is 310 Å². The van der Waals surface area contributed by atoms with Gasteiger partial charge in [0.25, 0.3) is 0 Å². The highest BCUT2D eigenvalue weighted by Crippen LogP contribution is 2.19. The van der Waals surface area contributed by atoms with Gasteiger partial charge in [0.15, 0.2) is 6.10 Å². The molecule has 0 heterocycles. The second kappa shape index (κ2) is 55.3. The first-order chi connectivity index (χ1) is 32.9. The molecule has 0 radical (unpaired) electrons. The summed E-state index contributed by atoms with van der Waals surface area (Å²) in [5.41, 5.74) is 0. The molecule has 2 atom stereocenters. The first kappa shape index (κ1) is 65.4. The summed E-state index contributed by atoms with van der Waals surface area (Å²) < 4.78 is 16.9. The third-order valence-electron chi connectivity index (χ3n) is 14.4. The Morgan fingerprint density at radius 3 is 0.776 bits per heavy atom. The second-order valence-electron chi connectivity index (χ2n) is 21.2. The lowest BCUT2D eigenvalue weighted by molar-refractivity contribution is -0.167. The average molecular weight is 948 g/mol. The molecule has 0 saturated heterocycles. The lowest BCUT2D eigenvalue weighted by Gasteiger charge is -2.18. The zero-order chi connectivity index (χ0) is 48.8. The van der Waals surface area contributed by atoms with Crippen LogP contribution in [0.5, 0.6) is 0 Å². The summed E-state index contributed by atoms with van der Waals surface area (Å²) in [5.74, 6) is 0.0346. The van der Waals surface area contributed by atoms with Gasteiger partial charge in [0.05, 0.1) is 0 Å². The van der Waals surface area contributed by atoms with Gasteiger partial charge in [-0.15, -0.1) is 0 Å². The Bertz CT molecular complexity index is 1010. The molecule has 0 bridgehead atoms. The minimum Gasteiger partial charge on any atom is -0.462 e. The van der Waals surface area contributed by atoms with E-state index in [1.807, 2.05) is 0 Å². The number of carbonyl (C=O) groups is 3. The van der Waals surface area contributed by atoms with Gasteiger partial charge in [-0.3, -0.25) is 14.4 Å². The van der Waals surface area contributed by atoms with Crippen molar-refractivity contribution in [3.05, 3.63) is 0 Å². The molecule has 0 aromatic rings. The predicted octanol–water partition coefficient (Wildman–Crippen LogP) is 20.2. The molecule has 0 fully saturated rings. The monoisotopic (exact) mass is 947 g/mol. The highest BCUT2D eigenvalue weighted by molar-refractivity contribution is 5.71. The fourth-order valence-corrected chi connectivity index (χ4v) is 9.42. The van der Waals surface area contributed by atoms with Crippen molar-refractivity contribution in [2.45, 2.75) is 355 Å². The van der Waals surface area contributed by atoms with Crippen LogP contribution in [0.3, 0.4) is 0 Å². The SMILES string of the molecule is CCCCCCCCCCCCCCCCCCCCC(=O)OC[C@@H](COC(=O)CCCCCCCCCCCCCCCCCCC)OC(=O)CCCCCCCCCCCCC(C)CC. The van der Waals surface area contributed by atoms with Crippen molar-refractivity contribution < 1.29 is 28.6 Å². The molecular weight excluding hydrogens is 829 g/mol. The highest BCUT2D eigenvalue weighted by atomic mass is 16.6. The molecule has 0 amide bonds. The van der Waals surface area contributed by atoms with E-state index in [0.717, 1.165) is 63.7 Å². The van der Waals surface area contributed by atoms with Crippen molar-refractivity contribution in [1.82, 2.24) is 0 Å². The molecule has 67 heavy (non-hydrogen) atoms. The Morgan fingerprint density at radius 1 is 0.299 bits per heavy atom. The molecule has 398 valence electrons. The minimum absolute atomic E-state index is 0.0618. The van der Waals surface area contributed by atoms with Gasteiger partial charge in [-0.2, -0.15) is 0 Å². The van der Waals surface area contributed by atoms with E-state index in [2.05, 4.69) is 27.7 Å². The van der Waals surface area contributed by atoms with Crippen molar-refractivity contribution in [3.63, 3.8) is 0 Å². The summed E-state index contributed by atoms with van der Waals surface area (Å²) in [4.78, 5) is 38.2. The molecule has 0 aliphatic carbocycles. The van der Waals surface area contributed by atoms with Crippen LogP contribution in [0, 0.1) is 5.92 Å². The maximum Gasteiger partial charge on any atom is 0.306 e. The van der Waals surface area contributed by atoms with Crippen LogP contribution in [0.1, 0.15) is 349 Å². The van der Waals surface area contributed by atoms with Crippen LogP contribution >= 0.6 is 0 Å². The summed E-state index contributed by atoms with van der Waals surface area (Å²) in [7, 11) is 0. The summed E-state index contributed by atoms with van der Waals surface area (Å²) in [6.07, 6.45) is 60.9. The molecule has 0 aliphatic rings. The lowest BCUT2D eigenvalue weighted by atomic mass is 9.99. The van der Waals surface area contributed by atoms with Crippen LogP contribution < -0.4 is 0 Å². The van der Waals surface area contributed by atoms with E-state index in [1.165, 1.54) is 244 Å². The number of esters is 3. The zero-order valence-electron chi connectivity index (χ0n) is 45.9. The standard InChI is InChI=1S/C61H118O6/c1-5-8-10-12-14-16-18-20-22-24-26-28-30-32-37-41-45-49-53-60(63)66-56-58(67-61(64)54-50-46-42-38-34-33-35-39-43-47-51-57(4)7-3)55-65-59(62)52-48-44-40-36-31-29-27-25-23-21-19-17-15-13-11-9-6-2/h57-58H,5-56H2,1-4H3/t57?,58-/m1/s1. The third kappa shape index (κ3) is 53.6. The maximum atomic E-state index is 12.9. The molecule has 0 saturated carbocycles. The van der Waals surface area contributed by atoms with E-state index in [-0.39, 0.29) is 31.1 Å². The fraction of sp³-hybridized carbons (Fsp3) is 0.951. The number of hydrogen-bond acceptors (Lipinski definition) is 6. The second-order valence-corrected chi connectivity index (χ2v) is 21.2. The van der Waals surface area contributed by atoms with Crippen molar-refractivity contribution in [2.24, 2.45) is 5.92 Å². The van der Waals surface area contributed by atoms with Crippen molar-refractivity contribution in [2.75, 3.05) is 13.2 Å². The van der Waals surface area contributed by atoms with Crippen molar-refractivity contribution >= 4 is 17.9 Å². The van der Waals surface area contributed by atoms with E-state index in [1.54, 1.807) is 0 Å². The molecule has 0 aromatic heterocycles. The quantitative estimate of drug-likeness (QED) is 0.0343. The normalized spacial score (nSPS) is 12.4. The van der Waals surface area contributed by atoms with Crippen LogP contribution in [-0.4, -0.2) is 37.2 Å². The number of carbonyl (C=O) groups excluding carboxylic acids is 3. The van der Waals surface area contributed by atoms with E-state index in [4.69, 9.17) is 14.2 Å². The number of hydrogen-bond donors (Lipinski definition) is 0. The van der Waals surface area contributed by atoms with Crippen LogP contribution in [0.2, 0.25) is 0 Å². The number of ether oxygens (including phenoxy) is 3. The maximum absolute atomic E-state index is 12.9. The first-order valence-electron chi connectivity index (χ1n) is 30.4. The summed E-state index contributed by atoms with van der Waals surface area (Å²) >= 11 is 0. The Hall–Kier alpha value is -1.59. The minimum atomic E-state index is -0.763. The summed E-state index contributed by atoms with van der Waals surface area (Å²) in [6, 6.07) is 0. The molecule has 0 aliphatic heterocycles. The Kier molecular flexibility index (Phi) is 54.0. The van der Waals surface area contributed by atoms with Gasteiger partial charge >= 0.3 is 17.9 Å².